The van der Waals surface area contributed by atoms with Crippen molar-refractivity contribution in [2.75, 3.05) is 0 Å². The molecule has 2 rings (SSSR count). The van der Waals surface area contributed by atoms with E-state index in [-0.39, 0.29) is 5.92 Å². The average Bonchev–Trinajstić information content (AvgIpc) is 2.39. The van der Waals surface area contributed by atoms with Crippen LogP contribution >= 0.6 is 27.7 Å². The van der Waals surface area contributed by atoms with Gasteiger partial charge in [-0.05, 0) is 45.9 Å². The molecule has 7 heteroatoms. The van der Waals surface area contributed by atoms with Gasteiger partial charge in [0.15, 0.2) is 11.0 Å². The number of nitrogens with two attached hydrogens (primary N) is 1. The summed E-state index contributed by atoms with van der Waals surface area (Å²) in [7, 11) is 0. The first-order valence-electron chi connectivity index (χ1n) is 5.99. The summed E-state index contributed by atoms with van der Waals surface area (Å²) < 4.78 is 0.862. The molecule has 0 aliphatic rings. The van der Waals surface area contributed by atoms with E-state index < -0.39 is 0 Å². The van der Waals surface area contributed by atoms with Crippen molar-refractivity contribution in [1.82, 2.24) is 9.97 Å². The van der Waals surface area contributed by atoms with Crippen molar-refractivity contribution in [3.05, 3.63) is 28.9 Å². The normalized spacial score (nSPS) is 12.1. The zero-order valence-corrected chi connectivity index (χ0v) is 13.5. The van der Waals surface area contributed by atoms with E-state index in [0.717, 1.165) is 27.3 Å². The zero-order valence-electron chi connectivity index (χ0n) is 11.1. The molecule has 5 nitrogen and oxygen atoms in total. The van der Waals surface area contributed by atoms with E-state index in [1.165, 1.54) is 0 Å². The molecule has 0 unspecified atom stereocenters. The Morgan fingerprint density at radius 2 is 2.15 bits per heavy atom. The van der Waals surface area contributed by atoms with Gasteiger partial charge >= 0.3 is 0 Å². The quantitative estimate of drug-likeness (QED) is 0.637. The number of aromatic nitrogens is 2. The summed E-state index contributed by atoms with van der Waals surface area (Å²) in [5.74, 6) is 0.643. The van der Waals surface area contributed by atoms with Gasteiger partial charge in [-0.2, -0.15) is 0 Å². The lowest BCUT2D eigenvalue weighted by Gasteiger charge is -2.06. The van der Waals surface area contributed by atoms with Crippen molar-refractivity contribution in [3.63, 3.8) is 0 Å². The SMILES string of the molecule is CC(C)C(=N)SC(N)=Nc1ccc2nccc(Br)c2n1. The van der Waals surface area contributed by atoms with Gasteiger partial charge in [0.1, 0.15) is 5.52 Å². The van der Waals surface area contributed by atoms with Crippen molar-refractivity contribution in [2.24, 2.45) is 16.6 Å². The fourth-order valence-electron chi connectivity index (χ4n) is 1.41. The van der Waals surface area contributed by atoms with Crippen LogP contribution in [-0.2, 0) is 0 Å². The van der Waals surface area contributed by atoms with Gasteiger partial charge in [-0.1, -0.05) is 13.8 Å². The summed E-state index contributed by atoms with van der Waals surface area (Å²) in [6, 6.07) is 5.43. The van der Waals surface area contributed by atoms with Crippen LogP contribution in [0.1, 0.15) is 13.8 Å². The number of nitrogens with zero attached hydrogens (tertiary/aromatic N) is 3. The lowest BCUT2D eigenvalue weighted by atomic mass is 10.2. The molecule has 0 saturated heterocycles. The molecule has 3 N–H and O–H groups in total. The standard InChI is InChI=1S/C13H14BrN5S/c1-7(2)12(15)20-13(16)19-10-4-3-9-11(18-10)8(14)5-6-17-9/h3-7,15H,1-2H3,(H2,16,18,19). The number of amidine groups is 1. The summed E-state index contributed by atoms with van der Waals surface area (Å²) in [6.07, 6.45) is 1.71. The number of aliphatic imine (C=N–C) groups is 1. The van der Waals surface area contributed by atoms with E-state index in [4.69, 9.17) is 11.1 Å². The maximum Gasteiger partial charge on any atom is 0.166 e. The number of hydrogen-bond donors (Lipinski definition) is 2. The Kier molecular flexibility index (Phi) is 4.72. The molecule has 0 saturated carbocycles. The molecule has 0 amide bonds. The van der Waals surface area contributed by atoms with E-state index in [1.807, 2.05) is 26.0 Å². The van der Waals surface area contributed by atoms with Crippen molar-refractivity contribution in [1.29, 1.82) is 5.41 Å². The van der Waals surface area contributed by atoms with Crippen LogP contribution in [0.5, 0.6) is 0 Å². The Balaban J connectivity index is 2.29. The van der Waals surface area contributed by atoms with E-state index in [9.17, 15) is 0 Å². The average molecular weight is 352 g/mol. The monoisotopic (exact) mass is 351 g/mol. The van der Waals surface area contributed by atoms with Gasteiger partial charge < -0.3 is 5.73 Å². The molecule has 0 atom stereocenters. The van der Waals surface area contributed by atoms with Crippen LogP contribution < -0.4 is 5.73 Å². The summed E-state index contributed by atoms with van der Waals surface area (Å²) in [6.45, 7) is 3.89. The van der Waals surface area contributed by atoms with Gasteiger partial charge in [-0.3, -0.25) is 10.4 Å². The first-order valence-corrected chi connectivity index (χ1v) is 7.60. The fourth-order valence-corrected chi connectivity index (χ4v) is 2.42. The van der Waals surface area contributed by atoms with Crippen LogP contribution in [0.15, 0.2) is 33.9 Å². The maximum absolute atomic E-state index is 7.77. The van der Waals surface area contributed by atoms with Crippen molar-refractivity contribution in [2.45, 2.75) is 13.8 Å². The van der Waals surface area contributed by atoms with Crippen LogP contribution in [0.3, 0.4) is 0 Å². The smallest absolute Gasteiger partial charge is 0.166 e. The van der Waals surface area contributed by atoms with Crippen LogP contribution in [0.25, 0.3) is 11.0 Å². The minimum atomic E-state index is 0.136. The Labute approximate surface area is 129 Å². The second-order valence-corrected chi connectivity index (χ2v) is 6.32. The number of nitrogens with one attached hydrogen (secondary N) is 1. The van der Waals surface area contributed by atoms with Crippen molar-refractivity contribution >= 4 is 54.8 Å². The molecule has 0 aliphatic heterocycles. The van der Waals surface area contributed by atoms with Crippen LogP contribution in [-0.4, -0.2) is 20.2 Å². The molecular formula is C13H14BrN5S. The van der Waals surface area contributed by atoms with Crippen molar-refractivity contribution < 1.29 is 0 Å². The Morgan fingerprint density at radius 3 is 2.85 bits per heavy atom. The third-order valence-electron chi connectivity index (χ3n) is 2.48. The number of halogens is 1. The molecule has 0 aliphatic carbocycles. The highest BCUT2D eigenvalue weighted by atomic mass is 79.9. The van der Waals surface area contributed by atoms with Crippen LogP contribution in [0, 0.1) is 11.3 Å². The van der Waals surface area contributed by atoms with Gasteiger partial charge in [0, 0.05) is 16.6 Å². The van der Waals surface area contributed by atoms with E-state index in [0.29, 0.717) is 16.0 Å². The molecule has 104 valence electrons. The lowest BCUT2D eigenvalue weighted by molar-refractivity contribution is 0.895. The molecule has 0 bridgehead atoms. The Hall–Kier alpha value is -1.47. The highest BCUT2D eigenvalue weighted by Crippen LogP contribution is 2.23. The highest BCUT2D eigenvalue weighted by molar-refractivity contribution is 9.10. The first kappa shape index (κ1) is 14.9. The second-order valence-electron chi connectivity index (χ2n) is 4.40. The van der Waals surface area contributed by atoms with Gasteiger partial charge in [0.2, 0.25) is 0 Å². The van der Waals surface area contributed by atoms with Gasteiger partial charge in [-0.15, -0.1) is 0 Å². The van der Waals surface area contributed by atoms with Gasteiger partial charge in [0.05, 0.1) is 10.6 Å². The number of pyridine rings is 2. The Bertz CT molecular complexity index is 684. The summed E-state index contributed by atoms with van der Waals surface area (Å²) >= 11 is 4.59. The number of hydrogen-bond acceptors (Lipinski definition) is 5. The summed E-state index contributed by atoms with van der Waals surface area (Å²) in [4.78, 5) is 12.9. The first-order chi connectivity index (χ1) is 9.47. The minimum absolute atomic E-state index is 0.136. The third kappa shape index (κ3) is 3.55. The van der Waals surface area contributed by atoms with Crippen LogP contribution in [0.4, 0.5) is 5.82 Å². The molecule has 20 heavy (non-hydrogen) atoms. The predicted molar refractivity (Wildman–Crippen MR) is 88.7 cm³/mol. The van der Waals surface area contributed by atoms with Gasteiger partial charge in [-0.25, -0.2) is 9.98 Å². The predicted octanol–water partition coefficient (Wildman–Crippen LogP) is 3.70. The van der Waals surface area contributed by atoms with Gasteiger partial charge in [0.25, 0.3) is 0 Å². The van der Waals surface area contributed by atoms with Crippen LogP contribution in [0.2, 0.25) is 0 Å². The fraction of sp³-hybridized carbons (Fsp3) is 0.231. The molecule has 2 aromatic heterocycles. The second kappa shape index (κ2) is 6.32. The van der Waals surface area contributed by atoms with E-state index in [1.54, 1.807) is 12.3 Å². The topological polar surface area (TPSA) is 88.0 Å². The van der Waals surface area contributed by atoms with E-state index in [2.05, 4.69) is 30.9 Å². The largest absolute Gasteiger partial charge is 0.378 e. The molecular weight excluding hydrogens is 338 g/mol. The highest BCUT2D eigenvalue weighted by Gasteiger charge is 2.07. The maximum atomic E-state index is 7.77. The molecule has 0 radical (unpaired) electrons. The summed E-state index contributed by atoms with van der Waals surface area (Å²) in [5, 5.41) is 8.57. The summed E-state index contributed by atoms with van der Waals surface area (Å²) in [5.41, 5.74) is 7.36. The van der Waals surface area contributed by atoms with E-state index >= 15 is 0 Å². The molecule has 0 spiro atoms. The lowest BCUT2D eigenvalue weighted by Crippen LogP contribution is -2.12. The molecule has 2 aromatic rings. The van der Waals surface area contributed by atoms with Crippen molar-refractivity contribution in [3.8, 4) is 0 Å². The number of thioether (sulfide) groups is 1. The third-order valence-corrected chi connectivity index (χ3v) is 4.12. The number of rotatable bonds is 2. The zero-order chi connectivity index (χ0) is 14.7. The molecule has 0 fully saturated rings. The number of fused-ring (bicyclic) bond motifs is 1. The minimum Gasteiger partial charge on any atom is -0.378 e. The molecule has 0 aromatic carbocycles. The molecule has 2 heterocycles. The Morgan fingerprint density at radius 1 is 1.40 bits per heavy atom.